The van der Waals surface area contributed by atoms with E-state index in [2.05, 4.69) is 29.4 Å². The molecule has 0 saturated carbocycles. The van der Waals surface area contributed by atoms with Crippen LogP contribution in [0.4, 0.5) is 0 Å². The number of ether oxygens (including phenoxy) is 2. The van der Waals surface area contributed by atoms with Crippen LogP contribution in [0.25, 0.3) is 0 Å². The minimum atomic E-state index is 0. The standard InChI is InChI=1S/C24H36N4O3.HI/c1-19(2)23(28-12-15-30-16-13-28)18-27-24(25-11-10-22-5-4-14-31-22)26-17-20-6-8-21(29-3)9-7-20;/h4-9,14,19,23H,10-13,15-18H2,1-3H3,(H2,25,26,27);1H. The summed E-state index contributed by atoms with van der Waals surface area (Å²) in [5.41, 5.74) is 1.14. The van der Waals surface area contributed by atoms with Gasteiger partial charge in [0.15, 0.2) is 5.96 Å². The topological polar surface area (TPSA) is 71.3 Å². The van der Waals surface area contributed by atoms with Crippen molar-refractivity contribution in [2.24, 2.45) is 10.9 Å². The van der Waals surface area contributed by atoms with E-state index < -0.39 is 0 Å². The zero-order valence-electron chi connectivity index (χ0n) is 19.4. The van der Waals surface area contributed by atoms with Gasteiger partial charge in [0, 0.05) is 38.6 Å². The molecule has 1 atom stereocenters. The fraction of sp³-hybridized carbons (Fsp3) is 0.542. The lowest BCUT2D eigenvalue weighted by atomic mass is 10.0. The molecule has 1 fully saturated rings. The number of nitrogens with one attached hydrogen (secondary N) is 2. The van der Waals surface area contributed by atoms with E-state index in [0.29, 0.717) is 18.5 Å². The van der Waals surface area contributed by atoms with Crippen molar-refractivity contribution in [1.82, 2.24) is 15.5 Å². The van der Waals surface area contributed by atoms with Crippen LogP contribution in [0, 0.1) is 5.92 Å². The van der Waals surface area contributed by atoms with Gasteiger partial charge in [0.1, 0.15) is 11.5 Å². The Balaban J connectivity index is 0.00000363. The second-order valence-electron chi connectivity index (χ2n) is 8.11. The molecule has 0 spiro atoms. The average molecular weight is 556 g/mol. The predicted molar refractivity (Wildman–Crippen MR) is 139 cm³/mol. The summed E-state index contributed by atoms with van der Waals surface area (Å²) in [5.74, 6) is 3.18. The van der Waals surface area contributed by atoms with Gasteiger partial charge in [-0.3, -0.25) is 4.90 Å². The highest BCUT2D eigenvalue weighted by Gasteiger charge is 2.23. The number of guanidine groups is 1. The molecule has 2 N–H and O–H groups in total. The molecule has 0 amide bonds. The number of hydrogen-bond acceptors (Lipinski definition) is 5. The number of halogens is 1. The zero-order valence-corrected chi connectivity index (χ0v) is 21.7. The Hall–Kier alpha value is -1.78. The highest BCUT2D eigenvalue weighted by molar-refractivity contribution is 14.0. The first-order valence-corrected chi connectivity index (χ1v) is 11.1. The largest absolute Gasteiger partial charge is 0.497 e. The van der Waals surface area contributed by atoms with Gasteiger partial charge in [-0.2, -0.15) is 0 Å². The molecule has 1 aliphatic rings. The molecule has 1 aromatic heterocycles. The lowest BCUT2D eigenvalue weighted by molar-refractivity contribution is 0.00752. The van der Waals surface area contributed by atoms with Crippen molar-refractivity contribution < 1.29 is 13.9 Å². The molecule has 1 unspecified atom stereocenters. The number of nitrogens with zero attached hydrogens (tertiary/aromatic N) is 2. The van der Waals surface area contributed by atoms with E-state index in [-0.39, 0.29) is 24.0 Å². The number of furan rings is 1. The molecule has 0 radical (unpaired) electrons. The van der Waals surface area contributed by atoms with Crippen LogP contribution in [-0.2, 0) is 17.7 Å². The predicted octanol–water partition coefficient (Wildman–Crippen LogP) is 3.54. The van der Waals surface area contributed by atoms with Gasteiger partial charge in [-0.1, -0.05) is 26.0 Å². The molecule has 1 aromatic carbocycles. The Bertz CT molecular complexity index is 775. The van der Waals surface area contributed by atoms with Crippen LogP contribution in [0.3, 0.4) is 0 Å². The summed E-state index contributed by atoms with van der Waals surface area (Å²) in [6.07, 6.45) is 2.52. The molecular formula is C24H37IN4O3. The van der Waals surface area contributed by atoms with Crippen LogP contribution < -0.4 is 15.4 Å². The van der Waals surface area contributed by atoms with Gasteiger partial charge in [-0.05, 0) is 35.7 Å². The van der Waals surface area contributed by atoms with Crippen molar-refractivity contribution in [3.8, 4) is 5.75 Å². The lowest BCUT2D eigenvalue weighted by Gasteiger charge is -2.37. The molecule has 3 rings (SSSR count). The fourth-order valence-electron chi connectivity index (χ4n) is 3.73. The van der Waals surface area contributed by atoms with E-state index in [1.165, 1.54) is 0 Å². The first-order chi connectivity index (χ1) is 15.2. The van der Waals surface area contributed by atoms with Gasteiger partial charge in [0.2, 0.25) is 0 Å². The van der Waals surface area contributed by atoms with Crippen LogP contribution in [0.5, 0.6) is 5.75 Å². The summed E-state index contributed by atoms with van der Waals surface area (Å²) in [4.78, 5) is 7.34. The Morgan fingerprint density at radius 2 is 1.88 bits per heavy atom. The number of rotatable bonds is 10. The van der Waals surface area contributed by atoms with Crippen molar-refractivity contribution in [3.63, 3.8) is 0 Å². The first-order valence-electron chi connectivity index (χ1n) is 11.1. The first kappa shape index (κ1) is 26.5. The third-order valence-electron chi connectivity index (χ3n) is 5.59. The van der Waals surface area contributed by atoms with Crippen LogP contribution in [0.2, 0.25) is 0 Å². The van der Waals surface area contributed by atoms with Crippen LogP contribution in [0.15, 0.2) is 52.1 Å². The minimum Gasteiger partial charge on any atom is -0.497 e. The maximum atomic E-state index is 5.53. The SMILES string of the molecule is COc1ccc(CN=C(NCCc2ccco2)NCC(C(C)C)N2CCOCC2)cc1.I. The number of hydrogen-bond donors (Lipinski definition) is 2. The molecule has 0 bridgehead atoms. The van der Waals surface area contributed by atoms with Gasteiger partial charge in [0.25, 0.3) is 0 Å². The molecule has 178 valence electrons. The molecule has 2 aromatic rings. The maximum absolute atomic E-state index is 5.53. The van der Waals surface area contributed by atoms with Crippen molar-refractivity contribution in [2.75, 3.05) is 46.5 Å². The molecule has 0 aliphatic carbocycles. The van der Waals surface area contributed by atoms with Crippen LogP contribution in [0.1, 0.15) is 25.2 Å². The van der Waals surface area contributed by atoms with E-state index in [1.807, 2.05) is 36.4 Å². The van der Waals surface area contributed by atoms with Gasteiger partial charge in [-0.25, -0.2) is 4.99 Å². The third-order valence-corrected chi connectivity index (χ3v) is 5.59. The van der Waals surface area contributed by atoms with E-state index in [0.717, 1.165) is 68.8 Å². The smallest absolute Gasteiger partial charge is 0.191 e. The van der Waals surface area contributed by atoms with Crippen molar-refractivity contribution >= 4 is 29.9 Å². The highest BCUT2D eigenvalue weighted by atomic mass is 127. The van der Waals surface area contributed by atoms with Crippen molar-refractivity contribution in [2.45, 2.75) is 32.9 Å². The van der Waals surface area contributed by atoms with Crippen molar-refractivity contribution in [1.29, 1.82) is 0 Å². The molecule has 1 aliphatic heterocycles. The average Bonchev–Trinajstić information content (AvgIpc) is 3.31. The summed E-state index contributed by atoms with van der Waals surface area (Å²) >= 11 is 0. The van der Waals surface area contributed by atoms with Crippen LogP contribution >= 0.6 is 24.0 Å². The minimum absolute atomic E-state index is 0. The molecular weight excluding hydrogens is 519 g/mol. The Morgan fingerprint density at radius 3 is 2.50 bits per heavy atom. The number of benzene rings is 1. The number of morpholine rings is 1. The third kappa shape index (κ3) is 8.63. The Kier molecular flexibility index (Phi) is 11.9. The summed E-state index contributed by atoms with van der Waals surface area (Å²) < 4.78 is 16.2. The monoisotopic (exact) mass is 556 g/mol. The normalized spacial score (nSPS) is 15.8. The van der Waals surface area contributed by atoms with Gasteiger partial charge >= 0.3 is 0 Å². The fourth-order valence-corrected chi connectivity index (χ4v) is 3.73. The summed E-state index contributed by atoms with van der Waals surface area (Å²) in [6, 6.07) is 12.4. The van der Waals surface area contributed by atoms with Crippen molar-refractivity contribution in [3.05, 3.63) is 54.0 Å². The Morgan fingerprint density at radius 1 is 1.12 bits per heavy atom. The van der Waals surface area contributed by atoms with E-state index in [1.54, 1.807) is 13.4 Å². The Labute approximate surface area is 209 Å². The molecule has 7 nitrogen and oxygen atoms in total. The molecule has 8 heteroatoms. The molecule has 1 saturated heterocycles. The number of methoxy groups -OCH3 is 1. The van der Waals surface area contributed by atoms with Crippen LogP contribution in [-0.4, -0.2) is 63.4 Å². The molecule has 2 heterocycles. The van der Waals surface area contributed by atoms with E-state index in [4.69, 9.17) is 18.9 Å². The van der Waals surface area contributed by atoms with Gasteiger partial charge in [-0.15, -0.1) is 24.0 Å². The molecule has 32 heavy (non-hydrogen) atoms. The van der Waals surface area contributed by atoms with Gasteiger partial charge < -0.3 is 24.5 Å². The maximum Gasteiger partial charge on any atom is 0.191 e. The summed E-state index contributed by atoms with van der Waals surface area (Å²) in [7, 11) is 1.68. The van der Waals surface area contributed by atoms with E-state index >= 15 is 0 Å². The quantitative estimate of drug-likeness (QED) is 0.265. The number of aliphatic imine (C=N–C) groups is 1. The summed E-state index contributed by atoms with van der Waals surface area (Å²) in [6.45, 7) is 10.3. The summed E-state index contributed by atoms with van der Waals surface area (Å²) in [5, 5.41) is 7.03. The second kappa shape index (κ2) is 14.4. The van der Waals surface area contributed by atoms with Gasteiger partial charge in [0.05, 0.1) is 33.1 Å². The second-order valence-corrected chi connectivity index (χ2v) is 8.11. The highest BCUT2D eigenvalue weighted by Crippen LogP contribution is 2.13. The lowest BCUT2D eigenvalue weighted by Crippen LogP contribution is -2.52. The zero-order chi connectivity index (χ0) is 21.9. The van der Waals surface area contributed by atoms with E-state index in [9.17, 15) is 0 Å².